The fraction of sp³-hybridized carbons (Fsp3) is 0. The maximum Gasteiger partial charge on any atom is 0.274 e. The van der Waals surface area contributed by atoms with E-state index in [0.29, 0.717) is 17.8 Å². The van der Waals surface area contributed by atoms with Crippen molar-refractivity contribution in [2.45, 2.75) is 0 Å². The maximum absolute atomic E-state index is 13.6. The van der Waals surface area contributed by atoms with E-state index >= 15 is 0 Å². The van der Waals surface area contributed by atoms with Crippen molar-refractivity contribution in [2.75, 3.05) is 10.6 Å². The van der Waals surface area contributed by atoms with Gasteiger partial charge < -0.3 is 10.6 Å². The average Bonchev–Trinajstić information content (AvgIpc) is 2.65. The Balaban J connectivity index is 1.73. The summed E-state index contributed by atoms with van der Waals surface area (Å²) >= 11 is 0. The molecule has 27 heavy (non-hydrogen) atoms. The molecule has 1 heterocycles. The Kier molecular flexibility index (Phi) is 5.02. The summed E-state index contributed by atoms with van der Waals surface area (Å²) in [5, 5.41) is 4.72. The van der Waals surface area contributed by atoms with Crippen LogP contribution in [0.2, 0.25) is 0 Å². The minimum Gasteiger partial charge on any atom is -0.352 e. The SMILES string of the molecule is O=C(Nc1ccc(F)c(F)c1F)c1ccc(Nc2ccc(F)cc2F)cn1. The minimum atomic E-state index is -1.71. The quantitative estimate of drug-likeness (QED) is 0.507. The molecular weight excluding hydrogens is 369 g/mol. The molecule has 1 aromatic heterocycles. The van der Waals surface area contributed by atoms with Crippen molar-refractivity contribution in [3.05, 3.63) is 83.4 Å². The Bertz CT molecular complexity index is 1010. The first kappa shape index (κ1) is 18.3. The first-order valence-corrected chi connectivity index (χ1v) is 7.48. The van der Waals surface area contributed by atoms with Crippen LogP contribution in [0.5, 0.6) is 0 Å². The number of pyridine rings is 1. The molecule has 2 aromatic carbocycles. The highest BCUT2D eigenvalue weighted by molar-refractivity contribution is 6.03. The Morgan fingerprint density at radius 1 is 0.815 bits per heavy atom. The van der Waals surface area contributed by atoms with Gasteiger partial charge in [0.15, 0.2) is 17.5 Å². The lowest BCUT2D eigenvalue weighted by molar-refractivity contribution is 0.102. The number of carbonyl (C=O) groups is 1. The van der Waals surface area contributed by atoms with Crippen LogP contribution < -0.4 is 10.6 Å². The molecule has 9 heteroatoms. The van der Waals surface area contributed by atoms with Crippen molar-refractivity contribution in [3.8, 4) is 0 Å². The molecule has 0 aliphatic carbocycles. The van der Waals surface area contributed by atoms with Crippen LogP contribution in [-0.4, -0.2) is 10.9 Å². The molecule has 0 aliphatic heterocycles. The minimum absolute atomic E-state index is 0.000685. The molecule has 2 N–H and O–H groups in total. The second-order valence-corrected chi connectivity index (χ2v) is 5.36. The topological polar surface area (TPSA) is 54.0 Å². The molecule has 0 radical (unpaired) electrons. The number of amides is 1. The van der Waals surface area contributed by atoms with Gasteiger partial charge in [-0.3, -0.25) is 4.79 Å². The van der Waals surface area contributed by atoms with Gasteiger partial charge in [0.2, 0.25) is 0 Å². The molecule has 3 rings (SSSR count). The molecule has 4 nitrogen and oxygen atoms in total. The second kappa shape index (κ2) is 7.40. The van der Waals surface area contributed by atoms with Gasteiger partial charge in [-0.15, -0.1) is 0 Å². The average molecular weight is 379 g/mol. The molecule has 0 spiro atoms. The normalized spacial score (nSPS) is 10.6. The molecule has 0 bridgehead atoms. The molecule has 0 unspecified atom stereocenters. The number of carbonyl (C=O) groups excluding carboxylic acids is 1. The highest BCUT2D eigenvalue weighted by Gasteiger charge is 2.16. The molecule has 138 valence electrons. The maximum atomic E-state index is 13.6. The third-order valence-electron chi connectivity index (χ3n) is 3.49. The molecule has 0 saturated carbocycles. The van der Waals surface area contributed by atoms with E-state index in [9.17, 15) is 26.7 Å². The number of hydrogen-bond donors (Lipinski definition) is 2. The van der Waals surface area contributed by atoms with Gasteiger partial charge in [-0.1, -0.05) is 0 Å². The lowest BCUT2D eigenvalue weighted by atomic mass is 10.2. The number of benzene rings is 2. The first-order chi connectivity index (χ1) is 12.8. The predicted octanol–water partition coefficient (Wildman–Crippen LogP) is 4.77. The van der Waals surface area contributed by atoms with Gasteiger partial charge in [0.25, 0.3) is 5.91 Å². The Morgan fingerprint density at radius 2 is 1.56 bits per heavy atom. The molecule has 0 saturated heterocycles. The summed E-state index contributed by atoms with van der Waals surface area (Å²) in [5.41, 5.74) is -0.393. The lowest BCUT2D eigenvalue weighted by Crippen LogP contribution is -2.15. The van der Waals surface area contributed by atoms with Crippen LogP contribution in [-0.2, 0) is 0 Å². The zero-order valence-electron chi connectivity index (χ0n) is 13.4. The van der Waals surface area contributed by atoms with Gasteiger partial charge in [-0.2, -0.15) is 0 Å². The predicted molar refractivity (Wildman–Crippen MR) is 88.1 cm³/mol. The summed E-state index contributed by atoms with van der Waals surface area (Å²) in [4.78, 5) is 15.9. The van der Waals surface area contributed by atoms with Gasteiger partial charge in [-0.25, -0.2) is 26.9 Å². The van der Waals surface area contributed by atoms with Crippen molar-refractivity contribution in [3.63, 3.8) is 0 Å². The van der Waals surface area contributed by atoms with E-state index in [1.54, 1.807) is 0 Å². The highest BCUT2D eigenvalue weighted by atomic mass is 19.2. The van der Waals surface area contributed by atoms with E-state index < -0.39 is 40.7 Å². The van der Waals surface area contributed by atoms with Crippen LogP contribution in [0.1, 0.15) is 10.5 Å². The molecular formula is C18H10F5N3O. The fourth-order valence-electron chi connectivity index (χ4n) is 2.16. The molecule has 3 aromatic rings. The Morgan fingerprint density at radius 3 is 2.22 bits per heavy atom. The summed E-state index contributed by atoms with van der Waals surface area (Å²) in [6.07, 6.45) is 1.19. The van der Waals surface area contributed by atoms with Gasteiger partial charge in [-0.05, 0) is 36.4 Å². The smallest absolute Gasteiger partial charge is 0.274 e. The van der Waals surface area contributed by atoms with Crippen molar-refractivity contribution >= 4 is 23.0 Å². The number of hydrogen-bond acceptors (Lipinski definition) is 3. The summed E-state index contributed by atoms with van der Waals surface area (Å²) in [5.74, 6) is -7.03. The van der Waals surface area contributed by atoms with E-state index in [0.717, 1.165) is 12.1 Å². The lowest BCUT2D eigenvalue weighted by Gasteiger charge is -2.09. The summed E-state index contributed by atoms with van der Waals surface area (Å²) < 4.78 is 66.2. The standard InChI is InChI=1S/C18H10F5N3O/c19-9-1-4-13(12(21)7-9)25-10-2-5-15(24-8-10)18(27)26-14-6-3-11(20)16(22)17(14)23/h1-8,25H,(H,26,27). The van der Waals surface area contributed by atoms with Crippen molar-refractivity contribution in [2.24, 2.45) is 0 Å². The largest absolute Gasteiger partial charge is 0.352 e. The highest BCUT2D eigenvalue weighted by Crippen LogP contribution is 2.22. The van der Waals surface area contributed by atoms with E-state index in [1.807, 2.05) is 0 Å². The van der Waals surface area contributed by atoms with Crippen LogP contribution >= 0.6 is 0 Å². The second-order valence-electron chi connectivity index (χ2n) is 5.36. The number of aromatic nitrogens is 1. The van der Waals surface area contributed by atoms with Crippen LogP contribution in [0.4, 0.5) is 39.0 Å². The monoisotopic (exact) mass is 379 g/mol. The third kappa shape index (κ3) is 4.02. The molecule has 0 atom stereocenters. The van der Waals surface area contributed by atoms with Gasteiger partial charge in [0.1, 0.15) is 17.3 Å². The van der Waals surface area contributed by atoms with E-state index in [1.165, 1.54) is 24.4 Å². The zero-order valence-corrected chi connectivity index (χ0v) is 13.4. The number of nitrogens with one attached hydrogen (secondary N) is 2. The number of anilines is 3. The third-order valence-corrected chi connectivity index (χ3v) is 3.49. The van der Waals surface area contributed by atoms with Crippen LogP contribution in [0.3, 0.4) is 0 Å². The van der Waals surface area contributed by atoms with Gasteiger partial charge >= 0.3 is 0 Å². The Hall–Kier alpha value is -3.49. The summed E-state index contributed by atoms with van der Waals surface area (Å²) in [7, 11) is 0. The van der Waals surface area contributed by atoms with Gasteiger partial charge in [0, 0.05) is 6.07 Å². The summed E-state index contributed by atoms with van der Waals surface area (Å²) in [6, 6.07) is 7.13. The van der Waals surface area contributed by atoms with Crippen molar-refractivity contribution in [1.82, 2.24) is 4.98 Å². The number of halogens is 5. The van der Waals surface area contributed by atoms with E-state index in [-0.39, 0.29) is 11.4 Å². The zero-order chi connectivity index (χ0) is 19.6. The molecule has 0 aliphatic rings. The first-order valence-electron chi connectivity index (χ1n) is 7.48. The van der Waals surface area contributed by atoms with Crippen LogP contribution in [0.25, 0.3) is 0 Å². The van der Waals surface area contributed by atoms with E-state index in [2.05, 4.69) is 15.6 Å². The van der Waals surface area contributed by atoms with Crippen LogP contribution in [0, 0.1) is 29.1 Å². The number of nitrogens with zero attached hydrogens (tertiary/aromatic N) is 1. The van der Waals surface area contributed by atoms with Gasteiger partial charge in [0.05, 0.1) is 23.3 Å². The molecule has 1 amide bonds. The van der Waals surface area contributed by atoms with E-state index in [4.69, 9.17) is 0 Å². The number of rotatable bonds is 4. The molecule has 0 fully saturated rings. The van der Waals surface area contributed by atoms with Crippen molar-refractivity contribution in [1.29, 1.82) is 0 Å². The fourth-order valence-corrected chi connectivity index (χ4v) is 2.16. The van der Waals surface area contributed by atoms with Crippen LogP contribution in [0.15, 0.2) is 48.7 Å². The Labute approximate surface area is 149 Å². The summed E-state index contributed by atoms with van der Waals surface area (Å²) in [6.45, 7) is 0. The van der Waals surface area contributed by atoms with Crippen molar-refractivity contribution < 1.29 is 26.7 Å².